The molecule has 0 rings (SSSR count). The Balaban J connectivity index is 4.08. The van der Waals surface area contributed by atoms with Gasteiger partial charge in [-0.2, -0.15) is 0 Å². The van der Waals surface area contributed by atoms with Crippen LogP contribution in [0.5, 0.6) is 0 Å². The van der Waals surface area contributed by atoms with E-state index in [9.17, 15) is 0 Å². The van der Waals surface area contributed by atoms with Gasteiger partial charge in [-0.15, -0.1) is 10.3 Å². The van der Waals surface area contributed by atoms with E-state index in [1.807, 2.05) is 0 Å². The predicted molar refractivity (Wildman–Crippen MR) is 55.4 cm³/mol. The van der Waals surface area contributed by atoms with Gasteiger partial charge in [-0.1, -0.05) is 13.8 Å². The lowest BCUT2D eigenvalue weighted by Gasteiger charge is -2.38. The van der Waals surface area contributed by atoms with Crippen molar-refractivity contribution in [3.63, 3.8) is 0 Å². The lowest BCUT2D eigenvalue weighted by Crippen LogP contribution is -2.27. The second-order valence-electron chi connectivity index (χ2n) is 3.97. The molecule has 0 radical (unpaired) electrons. The van der Waals surface area contributed by atoms with Crippen LogP contribution in [0.25, 0.3) is 0 Å². The smallest absolute Gasteiger partial charge is 0.0774 e. The van der Waals surface area contributed by atoms with Gasteiger partial charge in [-0.05, 0) is 38.5 Å². The monoisotopic (exact) mass is 178 g/mol. The van der Waals surface area contributed by atoms with Crippen molar-refractivity contribution in [2.75, 3.05) is 18.8 Å². The quantitative estimate of drug-likeness (QED) is 0.642. The number of hydrogen-bond acceptors (Lipinski definition) is 1. The van der Waals surface area contributed by atoms with Crippen molar-refractivity contribution in [3.05, 3.63) is 0 Å². The highest BCUT2D eigenvalue weighted by molar-refractivity contribution is 8.28. The molecule has 1 nitrogen and oxygen atoms in total. The van der Waals surface area contributed by atoms with Crippen LogP contribution >= 0.6 is 10.3 Å². The Bertz CT molecular complexity index is 111. The first-order valence-electron chi connectivity index (χ1n) is 4.22. The number of rotatable bonds is 4. The summed E-state index contributed by atoms with van der Waals surface area (Å²) in [4.78, 5) is 0. The van der Waals surface area contributed by atoms with Crippen molar-refractivity contribution in [2.45, 2.75) is 39.2 Å². The molecule has 0 aromatic heterocycles. The predicted octanol–water partition coefficient (Wildman–Crippen LogP) is 3.19. The molecular weight excluding hydrogens is 156 g/mol. The van der Waals surface area contributed by atoms with Crippen LogP contribution in [0.15, 0.2) is 0 Å². The summed E-state index contributed by atoms with van der Waals surface area (Å²) < 4.78 is 6.01. The molecule has 0 saturated heterocycles. The summed E-state index contributed by atoms with van der Waals surface area (Å²) >= 11 is 0. The largest absolute Gasteiger partial charge is 0.331 e. The summed E-state index contributed by atoms with van der Waals surface area (Å²) in [6.45, 7) is 6.58. The van der Waals surface area contributed by atoms with Crippen LogP contribution in [0.2, 0.25) is 0 Å². The van der Waals surface area contributed by atoms with Crippen molar-refractivity contribution in [3.8, 4) is 0 Å². The maximum atomic E-state index is 6.01. The van der Waals surface area contributed by atoms with Gasteiger partial charge in [0.15, 0.2) is 0 Å². The van der Waals surface area contributed by atoms with Crippen molar-refractivity contribution in [2.24, 2.45) is 0 Å². The second kappa shape index (κ2) is 3.81. The molecule has 0 aliphatic carbocycles. The van der Waals surface area contributed by atoms with E-state index in [-0.39, 0.29) is 5.60 Å². The average molecular weight is 178 g/mol. The van der Waals surface area contributed by atoms with Gasteiger partial charge in [-0.25, -0.2) is 0 Å². The van der Waals surface area contributed by atoms with Gasteiger partial charge in [0.25, 0.3) is 0 Å². The molecular formula is C9H22OS. The summed E-state index contributed by atoms with van der Waals surface area (Å²) in [5.74, 6) is 0. The fraction of sp³-hybridized carbons (Fsp3) is 1.00. The van der Waals surface area contributed by atoms with E-state index < -0.39 is 10.3 Å². The van der Waals surface area contributed by atoms with Crippen LogP contribution in [0.1, 0.15) is 33.6 Å². The molecule has 0 N–H and O–H groups in total. The summed E-state index contributed by atoms with van der Waals surface area (Å²) in [5, 5.41) is 0. The topological polar surface area (TPSA) is 9.23 Å². The van der Waals surface area contributed by atoms with Gasteiger partial charge in [-0.3, -0.25) is 0 Å². The van der Waals surface area contributed by atoms with E-state index in [1.54, 1.807) is 0 Å². The fourth-order valence-corrected chi connectivity index (χ4v) is 2.41. The van der Waals surface area contributed by atoms with Gasteiger partial charge in [0.1, 0.15) is 0 Å². The summed E-state index contributed by atoms with van der Waals surface area (Å²) in [5.41, 5.74) is 0.105. The SMILES string of the molecule is CCC(C)(CC)OS(C)(C)C. The normalized spacial score (nSPS) is 15.1. The standard InChI is InChI=1S/C9H22OS/c1-7-9(3,8-2)10-11(4,5)6/h7-8H2,1-6H3. The van der Waals surface area contributed by atoms with Crippen LogP contribution in [-0.2, 0) is 4.18 Å². The molecule has 0 atom stereocenters. The van der Waals surface area contributed by atoms with Crippen LogP contribution < -0.4 is 0 Å². The molecule has 70 valence electrons. The highest BCUT2D eigenvalue weighted by Crippen LogP contribution is 2.43. The molecule has 0 aromatic carbocycles. The zero-order valence-electron chi connectivity index (χ0n) is 8.73. The van der Waals surface area contributed by atoms with Gasteiger partial charge < -0.3 is 4.18 Å². The van der Waals surface area contributed by atoms with E-state index in [1.165, 1.54) is 0 Å². The summed E-state index contributed by atoms with van der Waals surface area (Å²) in [7, 11) is -0.806. The Morgan fingerprint density at radius 1 is 1.09 bits per heavy atom. The first-order chi connectivity index (χ1) is 4.83. The number of hydrogen-bond donors (Lipinski definition) is 0. The first kappa shape index (κ1) is 11.3. The molecule has 0 fully saturated rings. The zero-order chi connectivity index (χ0) is 9.12. The Morgan fingerprint density at radius 2 is 1.45 bits per heavy atom. The molecule has 0 spiro atoms. The summed E-state index contributed by atoms with van der Waals surface area (Å²) in [6.07, 6.45) is 8.78. The molecule has 0 unspecified atom stereocenters. The molecule has 0 aromatic rings. The Hall–Kier alpha value is 0.310. The Labute approximate surface area is 73.0 Å². The summed E-state index contributed by atoms with van der Waals surface area (Å²) in [6, 6.07) is 0. The lowest BCUT2D eigenvalue weighted by atomic mass is 10.0. The Kier molecular flexibility index (Phi) is 3.92. The van der Waals surface area contributed by atoms with Crippen molar-refractivity contribution < 1.29 is 4.18 Å². The fourth-order valence-electron chi connectivity index (χ4n) is 0.971. The first-order valence-corrected chi connectivity index (χ1v) is 7.00. The van der Waals surface area contributed by atoms with E-state index >= 15 is 0 Å². The van der Waals surface area contributed by atoms with Crippen LogP contribution in [0.4, 0.5) is 0 Å². The Morgan fingerprint density at radius 3 is 1.55 bits per heavy atom. The minimum atomic E-state index is -0.806. The highest BCUT2D eigenvalue weighted by Gasteiger charge is 2.24. The zero-order valence-corrected chi connectivity index (χ0v) is 9.55. The van der Waals surface area contributed by atoms with Crippen LogP contribution in [0, 0.1) is 0 Å². The van der Waals surface area contributed by atoms with Gasteiger partial charge in [0.2, 0.25) is 0 Å². The van der Waals surface area contributed by atoms with Crippen molar-refractivity contribution >= 4 is 10.3 Å². The third-order valence-electron chi connectivity index (χ3n) is 1.95. The minimum absolute atomic E-state index is 0.105. The molecule has 0 heterocycles. The van der Waals surface area contributed by atoms with Crippen molar-refractivity contribution in [1.29, 1.82) is 0 Å². The molecule has 0 aliphatic heterocycles. The molecule has 0 aliphatic rings. The average Bonchev–Trinajstić information content (AvgIpc) is 1.84. The van der Waals surface area contributed by atoms with Crippen molar-refractivity contribution in [1.82, 2.24) is 0 Å². The van der Waals surface area contributed by atoms with E-state index in [0.29, 0.717) is 0 Å². The molecule has 0 bridgehead atoms. The molecule has 0 saturated carbocycles. The van der Waals surface area contributed by atoms with E-state index in [2.05, 4.69) is 39.5 Å². The highest BCUT2D eigenvalue weighted by atomic mass is 32.3. The lowest BCUT2D eigenvalue weighted by molar-refractivity contribution is 0.101. The molecule has 11 heavy (non-hydrogen) atoms. The minimum Gasteiger partial charge on any atom is -0.331 e. The van der Waals surface area contributed by atoms with Gasteiger partial charge in [0, 0.05) is 0 Å². The van der Waals surface area contributed by atoms with Gasteiger partial charge >= 0.3 is 0 Å². The maximum Gasteiger partial charge on any atom is 0.0774 e. The van der Waals surface area contributed by atoms with Crippen LogP contribution in [-0.4, -0.2) is 24.4 Å². The molecule has 0 amide bonds. The molecule has 2 heteroatoms. The van der Waals surface area contributed by atoms with Crippen LogP contribution in [0.3, 0.4) is 0 Å². The maximum absolute atomic E-state index is 6.01. The third kappa shape index (κ3) is 4.70. The van der Waals surface area contributed by atoms with E-state index in [0.717, 1.165) is 12.8 Å². The third-order valence-corrected chi connectivity index (χ3v) is 2.85. The van der Waals surface area contributed by atoms with Gasteiger partial charge in [0.05, 0.1) is 5.60 Å². The van der Waals surface area contributed by atoms with E-state index in [4.69, 9.17) is 4.18 Å². The second-order valence-corrected chi connectivity index (χ2v) is 7.58.